The molecule has 1 unspecified atom stereocenters. The predicted molar refractivity (Wildman–Crippen MR) is 84.8 cm³/mol. The summed E-state index contributed by atoms with van der Waals surface area (Å²) in [5.74, 6) is -0.460. The lowest BCUT2D eigenvalue weighted by atomic mass is 9.98. The van der Waals surface area contributed by atoms with E-state index in [9.17, 15) is 14.3 Å². The van der Waals surface area contributed by atoms with Crippen LogP contribution in [0.1, 0.15) is 21.0 Å². The van der Waals surface area contributed by atoms with Crippen LogP contribution < -0.4 is 5.32 Å². The third-order valence-electron chi connectivity index (χ3n) is 3.47. The predicted octanol–water partition coefficient (Wildman–Crippen LogP) is 3.15. The molecule has 3 rings (SSSR count). The smallest absolute Gasteiger partial charge is 0.251 e. The number of nitrogens with one attached hydrogen (secondary N) is 1. The highest BCUT2D eigenvalue weighted by Crippen LogP contribution is 2.32. The van der Waals surface area contributed by atoms with E-state index < -0.39 is 17.3 Å². The fourth-order valence-corrected chi connectivity index (χ4v) is 3.06. The van der Waals surface area contributed by atoms with Gasteiger partial charge in [-0.1, -0.05) is 6.07 Å². The Morgan fingerprint density at radius 3 is 2.61 bits per heavy atom. The van der Waals surface area contributed by atoms with Gasteiger partial charge in [0.2, 0.25) is 0 Å². The number of thiophene rings is 1. The lowest BCUT2D eigenvalue weighted by molar-refractivity contribution is 0.0554. The zero-order valence-corrected chi connectivity index (χ0v) is 12.8. The average Bonchev–Trinajstić information content (AvgIpc) is 3.26. The molecule has 3 aromatic rings. The second-order valence-electron chi connectivity index (χ2n) is 5.00. The van der Waals surface area contributed by atoms with E-state index >= 15 is 0 Å². The summed E-state index contributed by atoms with van der Waals surface area (Å²) >= 11 is 1.37. The van der Waals surface area contributed by atoms with Gasteiger partial charge in [-0.2, -0.15) is 0 Å². The number of amides is 1. The summed E-state index contributed by atoms with van der Waals surface area (Å²) in [6.45, 7) is -0.0583. The van der Waals surface area contributed by atoms with Gasteiger partial charge < -0.3 is 14.8 Å². The van der Waals surface area contributed by atoms with Gasteiger partial charge in [0, 0.05) is 10.4 Å². The number of carbonyl (C=O) groups is 1. The van der Waals surface area contributed by atoms with Crippen molar-refractivity contribution >= 4 is 17.2 Å². The van der Waals surface area contributed by atoms with Crippen LogP contribution in [0.5, 0.6) is 0 Å². The Kier molecular flexibility index (Phi) is 4.27. The van der Waals surface area contributed by atoms with E-state index in [1.54, 1.807) is 18.2 Å². The number of furan rings is 1. The van der Waals surface area contributed by atoms with Crippen molar-refractivity contribution in [3.05, 3.63) is 82.2 Å². The maximum Gasteiger partial charge on any atom is 0.251 e. The third-order valence-corrected chi connectivity index (χ3v) is 4.49. The standard InChI is InChI=1S/C17H14FNO3S/c18-13-7-5-12(6-8-13)16(20)19-11-17(21,14-3-1-9-22-14)15-4-2-10-23-15/h1-10,21H,11H2,(H,19,20). The first-order valence-electron chi connectivity index (χ1n) is 6.94. The molecule has 0 bridgehead atoms. The van der Waals surface area contributed by atoms with Gasteiger partial charge in [0.25, 0.3) is 5.91 Å². The molecule has 118 valence electrons. The highest BCUT2D eigenvalue weighted by Gasteiger charge is 2.36. The Hall–Kier alpha value is -2.44. The van der Waals surface area contributed by atoms with Crippen LogP contribution in [-0.2, 0) is 5.60 Å². The van der Waals surface area contributed by atoms with E-state index in [0.717, 1.165) is 0 Å². The van der Waals surface area contributed by atoms with Gasteiger partial charge in [-0.05, 0) is 47.8 Å². The molecular formula is C17H14FNO3S. The Morgan fingerprint density at radius 1 is 1.22 bits per heavy atom. The molecule has 0 spiro atoms. The molecule has 23 heavy (non-hydrogen) atoms. The summed E-state index contributed by atoms with van der Waals surface area (Å²) < 4.78 is 18.2. The number of hydrogen-bond acceptors (Lipinski definition) is 4. The van der Waals surface area contributed by atoms with Gasteiger partial charge >= 0.3 is 0 Å². The van der Waals surface area contributed by atoms with Crippen LogP contribution in [0.15, 0.2) is 64.6 Å². The van der Waals surface area contributed by atoms with Crippen LogP contribution in [0, 0.1) is 5.82 Å². The zero-order valence-electron chi connectivity index (χ0n) is 12.0. The number of rotatable bonds is 5. The molecule has 2 aromatic heterocycles. The maximum absolute atomic E-state index is 12.9. The van der Waals surface area contributed by atoms with E-state index in [-0.39, 0.29) is 6.54 Å². The molecule has 0 radical (unpaired) electrons. The topological polar surface area (TPSA) is 62.5 Å². The zero-order chi connectivity index (χ0) is 16.3. The van der Waals surface area contributed by atoms with Crippen molar-refractivity contribution < 1.29 is 18.7 Å². The molecule has 1 atom stereocenters. The van der Waals surface area contributed by atoms with Crippen molar-refractivity contribution in [2.75, 3.05) is 6.54 Å². The first kappa shape index (κ1) is 15.5. The largest absolute Gasteiger partial charge is 0.466 e. The molecule has 1 amide bonds. The molecule has 0 aliphatic rings. The highest BCUT2D eigenvalue weighted by molar-refractivity contribution is 7.10. The summed E-state index contributed by atoms with van der Waals surface area (Å²) in [7, 11) is 0. The van der Waals surface area contributed by atoms with Crippen LogP contribution in [-0.4, -0.2) is 17.6 Å². The van der Waals surface area contributed by atoms with E-state index in [2.05, 4.69) is 5.32 Å². The first-order valence-corrected chi connectivity index (χ1v) is 7.82. The molecule has 4 nitrogen and oxygen atoms in total. The summed E-state index contributed by atoms with van der Waals surface area (Å²) in [5.41, 5.74) is -1.13. The van der Waals surface area contributed by atoms with Gasteiger partial charge in [0.15, 0.2) is 5.60 Å². The van der Waals surface area contributed by atoms with E-state index in [4.69, 9.17) is 4.42 Å². The molecule has 2 N–H and O–H groups in total. The molecule has 2 heterocycles. The van der Waals surface area contributed by atoms with Crippen LogP contribution >= 0.6 is 11.3 Å². The highest BCUT2D eigenvalue weighted by atomic mass is 32.1. The Morgan fingerprint density at radius 2 is 2.00 bits per heavy atom. The van der Waals surface area contributed by atoms with Crippen molar-refractivity contribution in [1.29, 1.82) is 0 Å². The van der Waals surface area contributed by atoms with E-state index in [1.165, 1.54) is 41.9 Å². The van der Waals surface area contributed by atoms with E-state index in [1.807, 2.05) is 11.4 Å². The lowest BCUT2D eigenvalue weighted by Gasteiger charge is -2.25. The van der Waals surface area contributed by atoms with Crippen LogP contribution in [0.2, 0.25) is 0 Å². The Bertz CT molecular complexity index is 733. The Balaban J connectivity index is 1.80. The molecule has 0 saturated carbocycles. The number of aliphatic hydroxyl groups is 1. The van der Waals surface area contributed by atoms with Crippen molar-refractivity contribution in [3.63, 3.8) is 0 Å². The lowest BCUT2D eigenvalue weighted by Crippen LogP contribution is -2.41. The van der Waals surface area contributed by atoms with Crippen molar-refractivity contribution in [2.45, 2.75) is 5.60 Å². The molecule has 6 heteroatoms. The second kappa shape index (κ2) is 6.36. The normalized spacial score (nSPS) is 13.5. The number of benzene rings is 1. The Labute approximate surface area is 136 Å². The minimum absolute atomic E-state index is 0.0583. The van der Waals surface area contributed by atoms with Gasteiger partial charge in [-0.25, -0.2) is 4.39 Å². The summed E-state index contributed by atoms with van der Waals surface area (Å²) in [6.07, 6.45) is 1.47. The molecule has 0 saturated heterocycles. The molecular weight excluding hydrogens is 317 g/mol. The van der Waals surface area contributed by atoms with Crippen molar-refractivity contribution in [1.82, 2.24) is 5.32 Å². The van der Waals surface area contributed by atoms with Crippen molar-refractivity contribution in [3.8, 4) is 0 Å². The molecule has 0 aliphatic carbocycles. The van der Waals surface area contributed by atoms with Crippen LogP contribution in [0.25, 0.3) is 0 Å². The quantitative estimate of drug-likeness (QED) is 0.755. The summed E-state index contributed by atoms with van der Waals surface area (Å²) in [5, 5.41) is 15.5. The van der Waals surface area contributed by atoms with Crippen LogP contribution in [0.4, 0.5) is 4.39 Å². The maximum atomic E-state index is 12.9. The first-order chi connectivity index (χ1) is 11.1. The minimum atomic E-state index is -1.45. The van der Waals surface area contributed by atoms with Crippen LogP contribution in [0.3, 0.4) is 0 Å². The SMILES string of the molecule is O=C(NCC(O)(c1ccco1)c1cccs1)c1ccc(F)cc1. The second-order valence-corrected chi connectivity index (χ2v) is 5.95. The molecule has 0 aliphatic heterocycles. The van der Waals surface area contributed by atoms with Gasteiger partial charge in [0.05, 0.1) is 12.8 Å². The summed E-state index contributed by atoms with van der Waals surface area (Å²) in [4.78, 5) is 12.8. The fourth-order valence-electron chi connectivity index (χ4n) is 2.23. The number of halogens is 1. The van der Waals surface area contributed by atoms with Gasteiger partial charge in [-0.3, -0.25) is 4.79 Å². The van der Waals surface area contributed by atoms with Gasteiger partial charge in [0.1, 0.15) is 11.6 Å². The van der Waals surface area contributed by atoms with E-state index in [0.29, 0.717) is 16.2 Å². The monoisotopic (exact) mass is 331 g/mol. The number of hydrogen-bond donors (Lipinski definition) is 2. The average molecular weight is 331 g/mol. The van der Waals surface area contributed by atoms with Crippen molar-refractivity contribution in [2.24, 2.45) is 0 Å². The van der Waals surface area contributed by atoms with Gasteiger partial charge in [-0.15, -0.1) is 11.3 Å². The summed E-state index contributed by atoms with van der Waals surface area (Å²) in [6, 6.07) is 12.1. The molecule has 1 aromatic carbocycles. The number of carbonyl (C=O) groups excluding carboxylic acids is 1. The third kappa shape index (κ3) is 3.18. The molecule has 0 fully saturated rings. The fraction of sp³-hybridized carbons (Fsp3) is 0.118. The minimum Gasteiger partial charge on any atom is -0.466 e.